The van der Waals surface area contributed by atoms with Crippen LogP contribution in [0.1, 0.15) is 39.9 Å². The van der Waals surface area contributed by atoms with Gasteiger partial charge < -0.3 is 10.1 Å². The van der Waals surface area contributed by atoms with Crippen molar-refractivity contribution in [3.63, 3.8) is 0 Å². The van der Waals surface area contributed by atoms with E-state index in [1.807, 2.05) is 43.3 Å². The monoisotopic (exact) mass is 468 g/mol. The molecule has 0 aromatic heterocycles. The summed E-state index contributed by atoms with van der Waals surface area (Å²) in [6.45, 7) is 4.88. The van der Waals surface area contributed by atoms with E-state index in [2.05, 4.69) is 34.5 Å². The van der Waals surface area contributed by atoms with Crippen LogP contribution >= 0.6 is 0 Å². The number of likely N-dealkylation sites (tertiary alicyclic amines) is 1. The summed E-state index contributed by atoms with van der Waals surface area (Å²) in [5.74, 6) is 0.373. The van der Waals surface area contributed by atoms with Crippen molar-refractivity contribution >= 4 is 17.8 Å². The van der Waals surface area contributed by atoms with E-state index in [1.54, 1.807) is 30.3 Å². The lowest BCUT2D eigenvalue weighted by molar-refractivity contribution is -0.124. The van der Waals surface area contributed by atoms with E-state index in [1.165, 1.54) is 11.1 Å². The number of carbonyl (C=O) groups is 2. The van der Waals surface area contributed by atoms with Crippen molar-refractivity contribution in [2.75, 3.05) is 19.7 Å². The SMILES string of the molecule is Cc1ccc(/C=C/C(=O)c2ccc(OCC(=O)NC3CCN(Cc4ccccc4)CC3)cc2)cc1. The second-order valence-electron chi connectivity index (χ2n) is 9.02. The number of carbonyl (C=O) groups excluding carboxylic acids is 2. The van der Waals surface area contributed by atoms with Crippen LogP contribution in [0.2, 0.25) is 0 Å². The van der Waals surface area contributed by atoms with Gasteiger partial charge in [0.2, 0.25) is 0 Å². The van der Waals surface area contributed by atoms with Crippen LogP contribution in [-0.4, -0.2) is 42.3 Å². The molecule has 0 spiro atoms. The first-order valence-electron chi connectivity index (χ1n) is 12.1. The zero-order valence-corrected chi connectivity index (χ0v) is 20.2. The normalized spacial score (nSPS) is 14.7. The van der Waals surface area contributed by atoms with Crippen molar-refractivity contribution in [2.24, 2.45) is 0 Å². The molecule has 0 unspecified atom stereocenters. The topological polar surface area (TPSA) is 58.6 Å². The van der Waals surface area contributed by atoms with Crippen molar-refractivity contribution < 1.29 is 14.3 Å². The highest BCUT2D eigenvalue weighted by molar-refractivity contribution is 6.06. The van der Waals surface area contributed by atoms with Gasteiger partial charge in [-0.05, 0) is 61.2 Å². The molecule has 0 bridgehead atoms. The minimum atomic E-state index is -0.118. The summed E-state index contributed by atoms with van der Waals surface area (Å²) in [7, 11) is 0. The molecule has 5 heteroatoms. The molecule has 1 N–H and O–H groups in total. The molecule has 1 saturated heterocycles. The number of ketones is 1. The van der Waals surface area contributed by atoms with Crippen LogP contribution in [0.25, 0.3) is 6.08 Å². The molecule has 0 radical (unpaired) electrons. The second-order valence-corrected chi connectivity index (χ2v) is 9.02. The van der Waals surface area contributed by atoms with E-state index in [0.29, 0.717) is 11.3 Å². The number of aryl methyl sites for hydroxylation is 1. The van der Waals surface area contributed by atoms with Crippen molar-refractivity contribution in [2.45, 2.75) is 32.4 Å². The van der Waals surface area contributed by atoms with E-state index in [0.717, 1.165) is 38.0 Å². The van der Waals surface area contributed by atoms with Gasteiger partial charge in [0.1, 0.15) is 5.75 Å². The maximum Gasteiger partial charge on any atom is 0.258 e. The van der Waals surface area contributed by atoms with Gasteiger partial charge in [-0.25, -0.2) is 0 Å². The van der Waals surface area contributed by atoms with Gasteiger partial charge in [-0.2, -0.15) is 0 Å². The van der Waals surface area contributed by atoms with Gasteiger partial charge in [0.25, 0.3) is 5.91 Å². The lowest BCUT2D eigenvalue weighted by Crippen LogP contribution is -2.45. The predicted molar refractivity (Wildman–Crippen MR) is 139 cm³/mol. The standard InChI is InChI=1S/C30H32N2O3/c1-23-7-9-24(10-8-23)11-16-29(33)26-12-14-28(15-13-26)35-22-30(34)31-27-17-19-32(20-18-27)21-25-5-3-2-4-6-25/h2-16,27H,17-22H2,1H3,(H,31,34)/b16-11+. The zero-order chi connectivity index (χ0) is 24.5. The summed E-state index contributed by atoms with van der Waals surface area (Å²) in [6.07, 6.45) is 5.25. The smallest absolute Gasteiger partial charge is 0.258 e. The van der Waals surface area contributed by atoms with Crippen LogP contribution in [-0.2, 0) is 11.3 Å². The van der Waals surface area contributed by atoms with Crippen molar-refractivity contribution in [1.82, 2.24) is 10.2 Å². The molecule has 1 aliphatic rings. The highest BCUT2D eigenvalue weighted by Gasteiger charge is 2.20. The number of hydrogen-bond donors (Lipinski definition) is 1. The van der Waals surface area contributed by atoms with E-state index in [-0.39, 0.29) is 24.3 Å². The number of rotatable bonds is 9. The summed E-state index contributed by atoms with van der Waals surface area (Å²) >= 11 is 0. The van der Waals surface area contributed by atoms with E-state index >= 15 is 0 Å². The van der Waals surface area contributed by atoms with Crippen LogP contribution < -0.4 is 10.1 Å². The number of benzene rings is 3. The molecule has 3 aromatic carbocycles. The third-order valence-electron chi connectivity index (χ3n) is 6.21. The molecule has 3 aromatic rings. The maximum absolute atomic E-state index is 12.4. The molecule has 0 atom stereocenters. The molecule has 1 fully saturated rings. The lowest BCUT2D eigenvalue weighted by Gasteiger charge is -2.32. The van der Waals surface area contributed by atoms with Gasteiger partial charge in [0.05, 0.1) is 0 Å². The average molecular weight is 469 g/mol. The van der Waals surface area contributed by atoms with E-state index in [9.17, 15) is 9.59 Å². The van der Waals surface area contributed by atoms with Gasteiger partial charge in [0.15, 0.2) is 12.4 Å². The quantitative estimate of drug-likeness (QED) is 0.353. The minimum absolute atomic E-state index is 0.0369. The second kappa shape index (κ2) is 12.1. The predicted octanol–water partition coefficient (Wildman–Crippen LogP) is 5.05. The van der Waals surface area contributed by atoms with Gasteiger partial charge in [-0.3, -0.25) is 14.5 Å². The van der Waals surface area contributed by atoms with Crippen molar-refractivity contribution in [3.05, 3.63) is 107 Å². The fraction of sp³-hybridized carbons (Fsp3) is 0.267. The Balaban J connectivity index is 1.17. The Labute approximate surface area is 207 Å². The number of amides is 1. The molecule has 35 heavy (non-hydrogen) atoms. The Bertz CT molecular complexity index is 1130. The van der Waals surface area contributed by atoms with Gasteiger partial charge in [-0.15, -0.1) is 0 Å². The number of nitrogens with one attached hydrogen (secondary N) is 1. The van der Waals surface area contributed by atoms with Gasteiger partial charge in [-0.1, -0.05) is 66.2 Å². The Morgan fingerprint density at radius 2 is 1.63 bits per heavy atom. The molecule has 0 saturated carbocycles. The molecule has 0 aliphatic carbocycles. The fourth-order valence-corrected chi connectivity index (χ4v) is 4.16. The first-order valence-corrected chi connectivity index (χ1v) is 12.1. The number of ether oxygens (including phenoxy) is 1. The molecule has 1 amide bonds. The maximum atomic E-state index is 12.4. The first-order chi connectivity index (χ1) is 17.0. The largest absolute Gasteiger partial charge is 0.484 e. The summed E-state index contributed by atoms with van der Waals surface area (Å²) < 4.78 is 5.63. The number of allylic oxidation sites excluding steroid dienone is 1. The lowest BCUT2D eigenvalue weighted by atomic mass is 10.0. The van der Waals surface area contributed by atoms with Crippen molar-refractivity contribution in [3.8, 4) is 5.75 Å². The average Bonchev–Trinajstić information content (AvgIpc) is 2.89. The molecular weight excluding hydrogens is 436 g/mol. The Hall–Kier alpha value is -3.70. The minimum Gasteiger partial charge on any atom is -0.484 e. The van der Waals surface area contributed by atoms with E-state index < -0.39 is 0 Å². The highest BCUT2D eigenvalue weighted by atomic mass is 16.5. The number of piperidine rings is 1. The third-order valence-corrected chi connectivity index (χ3v) is 6.21. The highest BCUT2D eigenvalue weighted by Crippen LogP contribution is 2.16. The van der Waals surface area contributed by atoms with Gasteiger partial charge >= 0.3 is 0 Å². The molecule has 4 rings (SSSR count). The number of nitrogens with zero attached hydrogens (tertiary/aromatic N) is 1. The van der Waals surface area contributed by atoms with E-state index in [4.69, 9.17) is 4.74 Å². The summed E-state index contributed by atoms with van der Waals surface area (Å²) in [5.41, 5.74) is 4.06. The first kappa shape index (κ1) is 24.4. The number of hydrogen-bond acceptors (Lipinski definition) is 4. The third kappa shape index (κ3) is 7.66. The van der Waals surface area contributed by atoms with Gasteiger partial charge in [0, 0.05) is 31.2 Å². The zero-order valence-electron chi connectivity index (χ0n) is 20.2. The molecule has 1 heterocycles. The van der Waals surface area contributed by atoms with Crippen LogP contribution in [0.15, 0.2) is 84.9 Å². The van der Waals surface area contributed by atoms with Crippen LogP contribution in [0.5, 0.6) is 5.75 Å². The van der Waals surface area contributed by atoms with Crippen LogP contribution in [0, 0.1) is 6.92 Å². The Morgan fingerprint density at radius 3 is 2.31 bits per heavy atom. The molecule has 1 aliphatic heterocycles. The van der Waals surface area contributed by atoms with Crippen LogP contribution in [0.4, 0.5) is 0 Å². The molecule has 5 nitrogen and oxygen atoms in total. The van der Waals surface area contributed by atoms with Crippen LogP contribution in [0.3, 0.4) is 0 Å². The molecular formula is C30H32N2O3. The van der Waals surface area contributed by atoms with Crippen molar-refractivity contribution in [1.29, 1.82) is 0 Å². The molecule has 180 valence electrons. The summed E-state index contributed by atoms with van der Waals surface area (Å²) in [6, 6.07) is 25.5. The Kier molecular flexibility index (Phi) is 8.47. The summed E-state index contributed by atoms with van der Waals surface area (Å²) in [5, 5.41) is 3.09. The fourth-order valence-electron chi connectivity index (χ4n) is 4.16. The summed E-state index contributed by atoms with van der Waals surface area (Å²) in [4.78, 5) is 27.2. The Morgan fingerprint density at radius 1 is 0.943 bits per heavy atom.